The monoisotopic (exact) mass is 478 g/mol. The molecule has 0 N–H and O–H groups in total. The predicted octanol–water partition coefficient (Wildman–Crippen LogP) is 6.48. The van der Waals surface area contributed by atoms with Crippen molar-refractivity contribution in [1.82, 2.24) is 0 Å². The largest absolute Gasteiger partial charge is 0.483 e. The lowest BCUT2D eigenvalue weighted by molar-refractivity contribution is -0.0806. The van der Waals surface area contributed by atoms with E-state index in [4.69, 9.17) is 18.6 Å². The number of hydrogen-bond donors (Lipinski definition) is 0. The van der Waals surface area contributed by atoms with Crippen LogP contribution in [0.3, 0.4) is 0 Å². The molecule has 0 unspecified atom stereocenters. The quantitative estimate of drug-likeness (QED) is 0.305. The summed E-state index contributed by atoms with van der Waals surface area (Å²) in [5, 5.41) is 0.181. The highest BCUT2D eigenvalue weighted by Crippen LogP contribution is 2.58. The van der Waals surface area contributed by atoms with Crippen LogP contribution >= 0.6 is 0 Å². The van der Waals surface area contributed by atoms with E-state index in [0.717, 1.165) is 6.42 Å². The second-order valence-electron chi connectivity index (χ2n) is 11.5. The number of rotatable bonds is 9. The minimum Gasteiger partial charge on any atom is -0.483 e. The summed E-state index contributed by atoms with van der Waals surface area (Å²) in [5.74, 6) is 1.90. The summed E-state index contributed by atoms with van der Waals surface area (Å²) in [4.78, 5) is 0. The van der Waals surface area contributed by atoms with Gasteiger partial charge in [0.05, 0.1) is 32.0 Å². The minimum absolute atomic E-state index is 0.0100. The number of benzene rings is 2. The smallest absolute Gasteiger partial charge is 0.192 e. The van der Waals surface area contributed by atoms with Gasteiger partial charge in [0.25, 0.3) is 0 Å². The molecule has 0 bridgehead atoms. The molecule has 2 aliphatic carbocycles. The van der Waals surface area contributed by atoms with E-state index in [1.807, 2.05) is 12.1 Å². The highest BCUT2D eigenvalue weighted by Gasteiger charge is 2.62. The maximum Gasteiger partial charge on any atom is 0.192 e. The lowest BCUT2D eigenvalue weighted by Gasteiger charge is -2.37. The average Bonchev–Trinajstić information content (AvgIpc) is 3.43. The van der Waals surface area contributed by atoms with Crippen molar-refractivity contribution in [3.8, 4) is 0 Å². The van der Waals surface area contributed by atoms with E-state index < -0.39 is 8.32 Å². The van der Waals surface area contributed by atoms with Crippen molar-refractivity contribution >= 4 is 8.32 Å². The van der Waals surface area contributed by atoms with E-state index in [-0.39, 0.29) is 23.4 Å². The topological polar surface area (TPSA) is 40.2 Å². The van der Waals surface area contributed by atoms with Crippen molar-refractivity contribution in [1.29, 1.82) is 0 Å². The zero-order valence-electron chi connectivity index (χ0n) is 21.1. The van der Waals surface area contributed by atoms with Crippen LogP contribution in [0.1, 0.15) is 38.3 Å². The molecular weight excluding hydrogens is 440 g/mol. The molecule has 34 heavy (non-hydrogen) atoms. The highest BCUT2D eigenvalue weighted by atomic mass is 28.4. The first-order chi connectivity index (χ1) is 16.2. The zero-order valence-corrected chi connectivity index (χ0v) is 22.1. The molecule has 5 heteroatoms. The molecule has 1 aliphatic heterocycles. The standard InChI is InChI=1S/C29H38O4Si/c1-29(2,3)34(4,5)32-19-23-25-22(26-27(23)33-26)16-24(30-17-20-12-8-6-9-13-20)28(25)31-18-21-14-10-7-11-15-21/h6-15,22,24-26,28H,16-19H2,1-5H3/t22-,24-,25+,26-,28-/m1/s1. The SMILES string of the molecule is CC(C)(C)[Si](C)(C)OCC1=C2O[C@@H]2[C@@H]2C[C@@H](OCc3ccccc3)[C@@H](OCc3ccccc3)[C@H]12. The first-order valence-corrected chi connectivity index (χ1v) is 15.5. The highest BCUT2D eigenvalue weighted by molar-refractivity contribution is 6.74. The Bertz CT molecular complexity index is 1010. The molecule has 0 spiro atoms. The molecule has 5 rings (SSSR count). The van der Waals surface area contributed by atoms with Gasteiger partial charge in [0.15, 0.2) is 14.4 Å². The lowest BCUT2D eigenvalue weighted by Crippen LogP contribution is -2.42. The van der Waals surface area contributed by atoms with Crippen LogP contribution in [0.15, 0.2) is 72.0 Å². The number of ether oxygens (including phenoxy) is 3. The fraction of sp³-hybridized carbons (Fsp3) is 0.517. The van der Waals surface area contributed by atoms with Gasteiger partial charge in [-0.05, 0) is 35.7 Å². The second-order valence-corrected chi connectivity index (χ2v) is 16.3. The van der Waals surface area contributed by atoms with Crippen molar-refractivity contribution in [2.24, 2.45) is 11.8 Å². The van der Waals surface area contributed by atoms with Gasteiger partial charge < -0.3 is 18.6 Å². The van der Waals surface area contributed by atoms with Crippen LogP contribution in [0.5, 0.6) is 0 Å². The molecule has 1 saturated heterocycles. The van der Waals surface area contributed by atoms with E-state index in [0.29, 0.717) is 31.7 Å². The fourth-order valence-electron chi connectivity index (χ4n) is 5.16. The Morgan fingerprint density at radius 1 is 0.853 bits per heavy atom. The van der Waals surface area contributed by atoms with Gasteiger partial charge in [-0.3, -0.25) is 0 Å². The molecule has 0 aromatic heterocycles. The summed E-state index contributed by atoms with van der Waals surface area (Å²) in [7, 11) is -1.86. The van der Waals surface area contributed by atoms with Crippen LogP contribution in [-0.4, -0.2) is 33.2 Å². The van der Waals surface area contributed by atoms with Gasteiger partial charge in [0.1, 0.15) is 5.76 Å². The van der Waals surface area contributed by atoms with E-state index in [1.54, 1.807) is 0 Å². The first-order valence-electron chi connectivity index (χ1n) is 12.6. The molecule has 1 heterocycles. The molecule has 2 aromatic rings. The van der Waals surface area contributed by atoms with Crippen LogP contribution in [0.25, 0.3) is 0 Å². The van der Waals surface area contributed by atoms with Crippen molar-refractivity contribution in [2.75, 3.05) is 6.61 Å². The summed E-state index contributed by atoms with van der Waals surface area (Å²) in [6.07, 6.45) is 1.26. The van der Waals surface area contributed by atoms with Gasteiger partial charge in [-0.2, -0.15) is 0 Å². The Balaban J connectivity index is 1.33. The van der Waals surface area contributed by atoms with Gasteiger partial charge >= 0.3 is 0 Å². The molecule has 0 radical (unpaired) electrons. The van der Waals surface area contributed by atoms with Gasteiger partial charge in [-0.25, -0.2) is 0 Å². The number of hydrogen-bond acceptors (Lipinski definition) is 4. The van der Waals surface area contributed by atoms with Gasteiger partial charge in [0.2, 0.25) is 0 Å². The Morgan fingerprint density at radius 2 is 1.44 bits per heavy atom. The molecular formula is C29H38O4Si. The van der Waals surface area contributed by atoms with Gasteiger partial charge in [-0.15, -0.1) is 0 Å². The summed E-state index contributed by atoms with van der Waals surface area (Å²) < 4.78 is 25.9. The molecule has 1 saturated carbocycles. The summed E-state index contributed by atoms with van der Waals surface area (Å²) in [5.41, 5.74) is 3.71. The third kappa shape index (κ3) is 4.76. The van der Waals surface area contributed by atoms with Crippen molar-refractivity contribution in [3.63, 3.8) is 0 Å². The molecule has 5 atom stereocenters. The number of fused-ring (bicyclic) bond motifs is 3. The summed E-state index contributed by atoms with van der Waals surface area (Å²) >= 11 is 0. The van der Waals surface area contributed by atoms with Crippen LogP contribution in [0.2, 0.25) is 18.1 Å². The fourth-order valence-corrected chi connectivity index (χ4v) is 6.11. The Hall–Kier alpha value is -1.92. The van der Waals surface area contributed by atoms with E-state index in [9.17, 15) is 0 Å². The van der Waals surface area contributed by atoms with Crippen molar-refractivity contribution in [3.05, 3.63) is 83.1 Å². The molecule has 2 aromatic carbocycles. The Morgan fingerprint density at radius 3 is 2.03 bits per heavy atom. The number of epoxide rings is 1. The molecule has 182 valence electrons. The maximum absolute atomic E-state index is 6.66. The van der Waals surface area contributed by atoms with E-state index in [2.05, 4.69) is 82.4 Å². The van der Waals surface area contributed by atoms with Crippen molar-refractivity contribution < 1.29 is 18.6 Å². The van der Waals surface area contributed by atoms with E-state index >= 15 is 0 Å². The third-order valence-corrected chi connectivity index (χ3v) is 12.7. The van der Waals surface area contributed by atoms with Crippen LogP contribution in [-0.2, 0) is 31.9 Å². The predicted molar refractivity (Wildman–Crippen MR) is 137 cm³/mol. The first kappa shape index (κ1) is 23.8. The van der Waals surface area contributed by atoms with Crippen LogP contribution in [0.4, 0.5) is 0 Å². The van der Waals surface area contributed by atoms with Gasteiger partial charge in [0, 0.05) is 17.4 Å². The lowest BCUT2D eigenvalue weighted by atomic mass is 9.92. The maximum atomic E-state index is 6.66. The molecule has 4 nitrogen and oxygen atoms in total. The zero-order chi connectivity index (χ0) is 23.9. The minimum atomic E-state index is -1.86. The summed E-state index contributed by atoms with van der Waals surface area (Å²) in [6, 6.07) is 20.8. The van der Waals surface area contributed by atoms with Crippen molar-refractivity contribution in [2.45, 2.75) is 76.8 Å². The molecule has 3 aliphatic rings. The van der Waals surface area contributed by atoms with Crippen LogP contribution < -0.4 is 0 Å². The average molecular weight is 479 g/mol. The summed E-state index contributed by atoms with van der Waals surface area (Å²) in [6.45, 7) is 13.4. The second kappa shape index (κ2) is 9.27. The molecule has 0 amide bonds. The van der Waals surface area contributed by atoms with E-state index in [1.165, 1.54) is 22.5 Å². The molecule has 2 fully saturated rings. The van der Waals surface area contributed by atoms with Gasteiger partial charge in [-0.1, -0.05) is 81.4 Å². The Kier molecular flexibility index (Phi) is 6.49. The third-order valence-electron chi connectivity index (χ3n) is 8.24. The normalized spacial score (nSPS) is 28.0. The van der Waals surface area contributed by atoms with Crippen LogP contribution in [0, 0.1) is 11.8 Å². The Labute approximate surface area is 205 Å².